The molecule has 0 spiro atoms. The number of carboxylic acids is 1. The number of carbonyl (C=O) groups is 4. The molecule has 0 fully saturated rings. The van der Waals surface area contributed by atoms with Crippen LogP contribution >= 0.6 is 0 Å². The average molecular weight is 297 g/mol. The van der Waals surface area contributed by atoms with Crippen molar-refractivity contribution in [3.63, 3.8) is 0 Å². The van der Waals surface area contributed by atoms with Gasteiger partial charge >= 0.3 is 17.9 Å². The van der Waals surface area contributed by atoms with Crippen molar-refractivity contribution in [2.24, 2.45) is 0 Å². The summed E-state index contributed by atoms with van der Waals surface area (Å²) in [5, 5.41) is 9.72. The third kappa shape index (κ3) is 1.39. The van der Waals surface area contributed by atoms with Gasteiger partial charge in [0.1, 0.15) is 6.54 Å². The number of rotatable bonds is 2. The van der Waals surface area contributed by atoms with Gasteiger partial charge < -0.3 is 9.84 Å². The van der Waals surface area contributed by atoms with Crippen LogP contribution in [-0.2, 0) is 9.53 Å². The van der Waals surface area contributed by atoms with Gasteiger partial charge in [0.25, 0.3) is 5.91 Å². The highest BCUT2D eigenvalue weighted by molar-refractivity contribution is 6.32. The highest BCUT2D eigenvalue weighted by Gasteiger charge is 2.37. The van der Waals surface area contributed by atoms with Crippen molar-refractivity contribution >= 4 is 40.3 Å². The van der Waals surface area contributed by atoms with Crippen LogP contribution in [0.1, 0.15) is 31.1 Å². The maximum Gasteiger partial charge on any atom is 0.346 e. The molecule has 0 radical (unpaired) electrons. The molecular weight excluding hydrogens is 290 g/mol. The molecule has 0 atom stereocenters. The number of anilines is 1. The first kappa shape index (κ1) is 12.5. The number of nitrogens with zero attached hydrogens (tertiary/aromatic N) is 1. The number of ether oxygens (including phenoxy) is 1. The Balaban J connectivity index is 2.10. The minimum absolute atomic E-state index is 0.195. The van der Waals surface area contributed by atoms with Crippen molar-refractivity contribution in [3.05, 3.63) is 41.0 Å². The molecule has 2 aliphatic rings. The topological polar surface area (TPSA) is 101 Å². The molecule has 2 heterocycles. The van der Waals surface area contributed by atoms with Crippen molar-refractivity contribution in [2.75, 3.05) is 11.4 Å². The number of cyclic esters (lactones) is 2. The van der Waals surface area contributed by atoms with E-state index in [-0.39, 0.29) is 16.7 Å². The maximum atomic E-state index is 12.4. The molecule has 2 aromatic carbocycles. The molecule has 0 aromatic heterocycles. The molecular formula is C15H7NO6. The summed E-state index contributed by atoms with van der Waals surface area (Å²) in [5.74, 6) is -3.16. The summed E-state index contributed by atoms with van der Waals surface area (Å²) in [7, 11) is 0. The summed E-state index contributed by atoms with van der Waals surface area (Å²) in [6, 6.07) is 5.80. The molecule has 0 aliphatic carbocycles. The Morgan fingerprint density at radius 1 is 0.955 bits per heavy atom. The Kier molecular flexibility index (Phi) is 2.22. The summed E-state index contributed by atoms with van der Waals surface area (Å²) in [4.78, 5) is 48.1. The van der Waals surface area contributed by atoms with E-state index >= 15 is 0 Å². The van der Waals surface area contributed by atoms with E-state index < -0.39 is 30.4 Å². The van der Waals surface area contributed by atoms with Crippen LogP contribution < -0.4 is 4.90 Å². The minimum Gasteiger partial charge on any atom is -0.480 e. The van der Waals surface area contributed by atoms with Gasteiger partial charge in [-0.05, 0) is 24.3 Å². The van der Waals surface area contributed by atoms with Crippen LogP contribution in [0.2, 0.25) is 0 Å². The van der Waals surface area contributed by atoms with Crippen LogP contribution in [0.15, 0.2) is 24.3 Å². The summed E-state index contributed by atoms with van der Waals surface area (Å²) < 4.78 is 4.65. The maximum absolute atomic E-state index is 12.4. The number of carbonyl (C=O) groups excluding carboxylic acids is 3. The van der Waals surface area contributed by atoms with Crippen LogP contribution in [0.5, 0.6) is 0 Å². The second-order valence-electron chi connectivity index (χ2n) is 5.00. The van der Waals surface area contributed by atoms with Crippen molar-refractivity contribution in [1.29, 1.82) is 0 Å². The Morgan fingerprint density at radius 2 is 1.55 bits per heavy atom. The fraction of sp³-hybridized carbons (Fsp3) is 0.0667. The summed E-state index contributed by atoms with van der Waals surface area (Å²) in [5.41, 5.74) is 1.05. The summed E-state index contributed by atoms with van der Waals surface area (Å²) in [6.45, 7) is -0.490. The first-order valence-corrected chi connectivity index (χ1v) is 6.39. The van der Waals surface area contributed by atoms with E-state index in [1.165, 1.54) is 24.3 Å². The third-order valence-corrected chi connectivity index (χ3v) is 3.82. The van der Waals surface area contributed by atoms with Gasteiger partial charge in [0.15, 0.2) is 0 Å². The molecule has 0 bridgehead atoms. The number of amides is 1. The van der Waals surface area contributed by atoms with Gasteiger partial charge in [-0.2, -0.15) is 0 Å². The predicted octanol–water partition coefficient (Wildman–Crippen LogP) is 1.20. The first-order chi connectivity index (χ1) is 10.5. The smallest absolute Gasteiger partial charge is 0.346 e. The van der Waals surface area contributed by atoms with E-state index in [0.717, 1.165) is 4.90 Å². The van der Waals surface area contributed by atoms with Gasteiger partial charge in [-0.25, -0.2) is 9.59 Å². The fourth-order valence-corrected chi connectivity index (χ4v) is 2.96. The number of hydrogen-bond donors (Lipinski definition) is 1. The molecule has 2 aliphatic heterocycles. The Hall–Kier alpha value is -3.22. The molecule has 1 N–H and O–H groups in total. The molecule has 1 amide bonds. The van der Waals surface area contributed by atoms with Gasteiger partial charge in [-0.15, -0.1) is 0 Å². The van der Waals surface area contributed by atoms with Gasteiger partial charge in [0.05, 0.1) is 16.8 Å². The Bertz CT molecular complexity index is 909. The van der Waals surface area contributed by atoms with Crippen LogP contribution in [0.3, 0.4) is 0 Å². The van der Waals surface area contributed by atoms with Crippen LogP contribution in [0.25, 0.3) is 10.8 Å². The molecule has 0 saturated heterocycles. The molecule has 7 nitrogen and oxygen atoms in total. The SMILES string of the molecule is O=C(O)CN1C(=O)c2ccc3c4c(ccc1c24)C(=O)OC3=O. The summed E-state index contributed by atoms with van der Waals surface area (Å²) >= 11 is 0. The molecule has 22 heavy (non-hydrogen) atoms. The van der Waals surface area contributed by atoms with Crippen molar-refractivity contribution in [2.45, 2.75) is 0 Å². The van der Waals surface area contributed by atoms with E-state index in [9.17, 15) is 19.2 Å². The lowest BCUT2D eigenvalue weighted by Crippen LogP contribution is -2.32. The van der Waals surface area contributed by atoms with Crippen LogP contribution in [0.4, 0.5) is 5.69 Å². The second kappa shape index (κ2) is 3.91. The molecule has 2 aromatic rings. The van der Waals surface area contributed by atoms with E-state index in [0.29, 0.717) is 16.5 Å². The minimum atomic E-state index is -1.15. The van der Waals surface area contributed by atoms with E-state index in [4.69, 9.17) is 5.11 Å². The lowest BCUT2D eigenvalue weighted by atomic mass is 9.94. The van der Waals surface area contributed by atoms with Crippen molar-refractivity contribution in [3.8, 4) is 0 Å². The average Bonchev–Trinajstić information content (AvgIpc) is 2.73. The van der Waals surface area contributed by atoms with Gasteiger partial charge in [0.2, 0.25) is 0 Å². The predicted molar refractivity (Wildman–Crippen MR) is 73.0 cm³/mol. The molecule has 0 saturated carbocycles. The van der Waals surface area contributed by atoms with E-state index in [1.54, 1.807) is 0 Å². The number of esters is 2. The lowest BCUT2D eigenvalue weighted by molar-refractivity contribution is -0.135. The van der Waals surface area contributed by atoms with E-state index in [1.807, 2.05) is 0 Å². The molecule has 108 valence electrons. The molecule has 0 unspecified atom stereocenters. The number of benzene rings is 2. The zero-order chi connectivity index (χ0) is 15.6. The van der Waals surface area contributed by atoms with Crippen LogP contribution in [-0.4, -0.2) is 35.5 Å². The zero-order valence-electron chi connectivity index (χ0n) is 11.0. The van der Waals surface area contributed by atoms with Gasteiger partial charge in [-0.1, -0.05) is 0 Å². The van der Waals surface area contributed by atoms with E-state index in [2.05, 4.69) is 4.74 Å². The number of carboxylic acid groups (broad SMARTS) is 1. The van der Waals surface area contributed by atoms with Crippen molar-refractivity contribution < 1.29 is 29.0 Å². The van der Waals surface area contributed by atoms with Gasteiger partial charge in [-0.3, -0.25) is 14.5 Å². The van der Waals surface area contributed by atoms with Crippen LogP contribution in [0, 0.1) is 0 Å². The third-order valence-electron chi connectivity index (χ3n) is 3.82. The van der Waals surface area contributed by atoms with Crippen molar-refractivity contribution in [1.82, 2.24) is 0 Å². The molecule has 7 heteroatoms. The second-order valence-corrected chi connectivity index (χ2v) is 5.00. The highest BCUT2D eigenvalue weighted by Crippen LogP contribution is 2.42. The highest BCUT2D eigenvalue weighted by atomic mass is 16.6. The number of aliphatic carboxylic acids is 1. The Labute approximate surface area is 122 Å². The monoisotopic (exact) mass is 297 g/mol. The quantitative estimate of drug-likeness (QED) is 0.660. The number of hydrogen-bond acceptors (Lipinski definition) is 5. The Morgan fingerprint density at radius 3 is 2.18 bits per heavy atom. The zero-order valence-corrected chi connectivity index (χ0v) is 11.0. The standard InChI is InChI=1S/C15H7NO6/c17-10(18)5-16-9-4-3-8-11-7(14(20)22-15(8)21)2-1-6(12(9)11)13(16)19/h1-4H,5H2,(H,17,18). The van der Waals surface area contributed by atoms with Gasteiger partial charge in [0, 0.05) is 16.3 Å². The molecule has 4 rings (SSSR count). The fourth-order valence-electron chi connectivity index (χ4n) is 2.96. The lowest BCUT2D eigenvalue weighted by Gasteiger charge is -2.17. The first-order valence-electron chi connectivity index (χ1n) is 6.39. The summed E-state index contributed by atoms with van der Waals surface area (Å²) in [6.07, 6.45) is 0. The normalized spacial score (nSPS) is 15.5. The largest absolute Gasteiger partial charge is 0.480 e.